The molecule has 1 aromatic carbocycles. The standard InChI is InChI=1S/C14H17NO3/c16-11-6-1-4-10-5-2-8-15(13(10)11)14(17)12-7-3-9-18-12/h1,4,6,12,16H,2-3,5,7-9H2. The lowest BCUT2D eigenvalue weighted by molar-refractivity contribution is -0.127. The number of phenols is 1. The Morgan fingerprint density at radius 2 is 2.28 bits per heavy atom. The van der Waals surface area contributed by atoms with Crippen molar-refractivity contribution < 1.29 is 14.6 Å². The summed E-state index contributed by atoms with van der Waals surface area (Å²) >= 11 is 0. The van der Waals surface area contributed by atoms with Crippen molar-refractivity contribution in [3.05, 3.63) is 23.8 Å². The molecule has 0 radical (unpaired) electrons. The number of anilines is 1. The normalized spacial score (nSPS) is 22.9. The van der Waals surface area contributed by atoms with Crippen LogP contribution >= 0.6 is 0 Å². The van der Waals surface area contributed by atoms with E-state index in [2.05, 4.69) is 0 Å². The number of para-hydroxylation sites is 1. The minimum Gasteiger partial charge on any atom is -0.506 e. The second-order valence-electron chi connectivity index (χ2n) is 4.88. The Bertz CT molecular complexity index is 466. The topological polar surface area (TPSA) is 49.8 Å². The van der Waals surface area contributed by atoms with Gasteiger partial charge in [-0.15, -0.1) is 0 Å². The molecule has 0 bridgehead atoms. The van der Waals surface area contributed by atoms with Crippen molar-refractivity contribution in [2.75, 3.05) is 18.1 Å². The Morgan fingerprint density at radius 3 is 3.06 bits per heavy atom. The fourth-order valence-electron chi connectivity index (χ4n) is 2.80. The number of carbonyl (C=O) groups excluding carboxylic acids is 1. The first kappa shape index (κ1) is 11.5. The number of carbonyl (C=O) groups is 1. The quantitative estimate of drug-likeness (QED) is 0.824. The van der Waals surface area contributed by atoms with Crippen molar-refractivity contribution in [1.29, 1.82) is 0 Å². The average Bonchev–Trinajstić information content (AvgIpc) is 2.91. The van der Waals surface area contributed by atoms with Crippen molar-refractivity contribution >= 4 is 11.6 Å². The highest BCUT2D eigenvalue weighted by Crippen LogP contribution is 2.36. The first-order valence-corrected chi connectivity index (χ1v) is 6.51. The van der Waals surface area contributed by atoms with Gasteiger partial charge >= 0.3 is 0 Å². The van der Waals surface area contributed by atoms with Crippen LogP contribution < -0.4 is 4.90 Å². The number of aromatic hydroxyl groups is 1. The van der Waals surface area contributed by atoms with E-state index in [1.165, 1.54) is 0 Å². The van der Waals surface area contributed by atoms with Gasteiger partial charge < -0.3 is 14.7 Å². The third kappa shape index (κ3) is 1.86. The Labute approximate surface area is 106 Å². The van der Waals surface area contributed by atoms with Crippen LogP contribution in [0.15, 0.2) is 18.2 Å². The fraction of sp³-hybridized carbons (Fsp3) is 0.500. The Hall–Kier alpha value is -1.55. The molecule has 1 amide bonds. The molecule has 0 spiro atoms. The van der Waals surface area contributed by atoms with Gasteiger partial charge in [0, 0.05) is 13.2 Å². The molecule has 2 heterocycles. The van der Waals surface area contributed by atoms with Gasteiger partial charge in [0.15, 0.2) is 0 Å². The van der Waals surface area contributed by atoms with Crippen LogP contribution in [0.4, 0.5) is 5.69 Å². The van der Waals surface area contributed by atoms with Crippen molar-refractivity contribution in [1.82, 2.24) is 0 Å². The molecule has 96 valence electrons. The first-order valence-electron chi connectivity index (χ1n) is 6.51. The number of fused-ring (bicyclic) bond motifs is 1. The van der Waals surface area contributed by atoms with Gasteiger partial charge in [-0.3, -0.25) is 4.79 Å². The fourth-order valence-corrected chi connectivity index (χ4v) is 2.80. The smallest absolute Gasteiger partial charge is 0.256 e. The maximum atomic E-state index is 12.4. The molecule has 0 saturated carbocycles. The van der Waals surface area contributed by atoms with Crippen LogP contribution in [0.5, 0.6) is 5.75 Å². The summed E-state index contributed by atoms with van der Waals surface area (Å²) in [4.78, 5) is 14.1. The minimum absolute atomic E-state index is 0.00468. The number of aryl methyl sites for hydroxylation is 1. The summed E-state index contributed by atoms with van der Waals surface area (Å²) in [6.07, 6.45) is 3.26. The van der Waals surface area contributed by atoms with Crippen LogP contribution in [0.3, 0.4) is 0 Å². The largest absolute Gasteiger partial charge is 0.506 e. The summed E-state index contributed by atoms with van der Waals surface area (Å²) in [5.74, 6) is 0.188. The molecule has 3 rings (SSSR count). The van der Waals surface area contributed by atoms with E-state index < -0.39 is 0 Å². The summed E-state index contributed by atoms with van der Waals surface area (Å²) in [7, 11) is 0. The van der Waals surface area contributed by atoms with Gasteiger partial charge in [0.2, 0.25) is 0 Å². The number of nitrogens with zero attached hydrogens (tertiary/aromatic N) is 1. The highest BCUT2D eigenvalue weighted by Gasteiger charge is 2.32. The van der Waals surface area contributed by atoms with Gasteiger partial charge in [0.1, 0.15) is 11.9 Å². The number of hydrogen-bond acceptors (Lipinski definition) is 3. The number of ether oxygens (including phenoxy) is 1. The number of amides is 1. The van der Waals surface area contributed by atoms with E-state index in [0.717, 1.165) is 31.2 Å². The van der Waals surface area contributed by atoms with Gasteiger partial charge in [-0.25, -0.2) is 0 Å². The molecule has 1 fully saturated rings. The van der Waals surface area contributed by atoms with Crippen molar-refractivity contribution in [3.8, 4) is 5.75 Å². The van der Waals surface area contributed by atoms with Crippen LogP contribution in [-0.2, 0) is 16.0 Å². The summed E-state index contributed by atoms with van der Waals surface area (Å²) in [5.41, 5.74) is 1.73. The zero-order chi connectivity index (χ0) is 12.5. The molecule has 1 aromatic rings. The molecule has 1 atom stereocenters. The predicted molar refractivity (Wildman–Crippen MR) is 67.8 cm³/mol. The third-order valence-corrected chi connectivity index (χ3v) is 3.67. The SMILES string of the molecule is O=C(C1CCCO1)N1CCCc2cccc(O)c21. The second kappa shape index (κ2) is 4.61. The van der Waals surface area contributed by atoms with E-state index in [1.807, 2.05) is 12.1 Å². The zero-order valence-electron chi connectivity index (χ0n) is 10.3. The molecule has 1 unspecified atom stereocenters. The van der Waals surface area contributed by atoms with Crippen LogP contribution in [0.2, 0.25) is 0 Å². The average molecular weight is 247 g/mol. The maximum absolute atomic E-state index is 12.4. The third-order valence-electron chi connectivity index (χ3n) is 3.67. The number of rotatable bonds is 1. The van der Waals surface area contributed by atoms with E-state index >= 15 is 0 Å². The lowest BCUT2D eigenvalue weighted by atomic mass is 10.00. The van der Waals surface area contributed by atoms with Crippen LogP contribution in [0, 0.1) is 0 Å². The number of hydrogen-bond donors (Lipinski definition) is 1. The molecule has 4 nitrogen and oxygen atoms in total. The van der Waals surface area contributed by atoms with Gasteiger partial charge in [0.05, 0.1) is 5.69 Å². The lowest BCUT2D eigenvalue weighted by Crippen LogP contribution is -2.42. The minimum atomic E-state index is -0.324. The molecular weight excluding hydrogens is 230 g/mol. The van der Waals surface area contributed by atoms with Gasteiger partial charge in [-0.2, -0.15) is 0 Å². The molecular formula is C14H17NO3. The Balaban J connectivity index is 1.93. The van der Waals surface area contributed by atoms with Gasteiger partial charge in [-0.1, -0.05) is 12.1 Å². The monoisotopic (exact) mass is 247 g/mol. The van der Waals surface area contributed by atoms with Gasteiger partial charge in [0.25, 0.3) is 5.91 Å². The summed E-state index contributed by atoms with van der Waals surface area (Å²) < 4.78 is 5.45. The lowest BCUT2D eigenvalue weighted by Gasteiger charge is -2.31. The maximum Gasteiger partial charge on any atom is 0.256 e. The van der Waals surface area contributed by atoms with Crippen LogP contribution in [0.1, 0.15) is 24.8 Å². The van der Waals surface area contributed by atoms with Crippen LogP contribution in [-0.4, -0.2) is 30.3 Å². The Morgan fingerprint density at radius 1 is 1.39 bits per heavy atom. The summed E-state index contributed by atoms with van der Waals surface area (Å²) in [5, 5.41) is 9.98. The molecule has 2 aliphatic heterocycles. The van der Waals surface area contributed by atoms with E-state index in [0.29, 0.717) is 18.8 Å². The number of phenolic OH excluding ortho intramolecular Hbond substituents is 1. The zero-order valence-corrected chi connectivity index (χ0v) is 10.3. The molecule has 18 heavy (non-hydrogen) atoms. The highest BCUT2D eigenvalue weighted by atomic mass is 16.5. The molecule has 1 N–H and O–H groups in total. The van der Waals surface area contributed by atoms with Gasteiger partial charge in [-0.05, 0) is 37.3 Å². The van der Waals surface area contributed by atoms with Crippen molar-refractivity contribution in [2.45, 2.75) is 31.8 Å². The van der Waals surface area contributed by atoms with E-state index in [9.17, 15) is 9.90 Å². The van der Waals surface area contributed by atoms with E-state index in [-0.39, 0.29) is 17.8 Å². The Kier molecular flexibility index (Phi) is 2.96. The molecule has 1 saturated heterocycles. The predicted octanol–water partition coefficient (Wildman–Crippen LogP) is 1.85. The first-order chi connectivity index (χ1) is 8.77. The van der Waals surface area contributed by atoms with E-state index in [1.54, 1.807) is 11.0 Å². The molecule has 0 aromatic heterocycles. The summed E-state index contributed by atoms with van der Waals surface area (Å²) in [6.45, 7) is 1.33. The van der Waals surface area contributed by atoms with Crippen molar-refractivity contribution in [2.24, 2.45) is 0 Å². The second-order valence-corrected chi connectivity index (χ2v) is 4.88. The summed E-state index contributed by atoms with van der Waals surface area (Å²) in [6, 6.07) is 5.44. The molecule has 0 aliphatic carbocycles. The highest BCUT2D eigenvalue weighted by molar-refractivity contribution is 5.99. The van der Waals surface area contributed by atoms with Crippen molar-refractivity contribution in [3.63, 3.8) is 0 Å². The molecule has 2 aliphatic rings. The number of benzene rings is 1. The van der Waals surface area contributed by atoms with E-state index in [4.69, 9.17) is 4.74 Å². The van der Waals surface area contributed by atoms with Crippen LogP contribution in [0.25, 0.3) is 0 Å². The molecule has 4 heteroatoms.